The number of aromatic nitrogens is 1. The molecule has 2 N–H and O–H groups in total. The zero-order valence-corrected chi connectivity index (χ0v) is 24.5. The highest BCUT2D eigenvalue weighted by Crippen LogP contribution is 2.44. The average molecular weight is 569 g/mol. The van der Waals surface area contributed by atoms with Crippen molar-refractivity contribution in [3.05, 3.63) is 64.7 Å². The number of aromatic hydroxyl groups is 1. The number of benzene rings is 2. The molecule has 0 saturated carbocycles. The third-order valence-electron chi connectivity index (χ3n) is 10.7. The molecule has 42 heavy (non-hydrogen) atoms. The molecule has 1 aliphatic carbocycles. The summed E-state index contributed by atoms with van der Waals surface area (Å²) in [4.78, 5) is 9.93. The Morgan fingerprint density at radius 2 is 1.98 bits per heavy atom. The van der Waals surface area contributed by atoms with Crippen LogP contribution in [-0.4, -0.2) is 71.6 Å². The van der Waals surface area contributed by atoms with Gasteiger partial charge in [0, 0.05) is 55.7 Å². The van der Waals surface area contributed by atoms with Gasteiger partial charge in [0.15, 0.2) is 0 Å². The van der Waals surface area contributed by atoms with Crippen molar-refractivity contribution in [3.63, 3.8) is 0 Å². The Hall–Kier alpha value is -3.16. The van der Waals surface area contributed by atoms with E-state index in [2.05, 4.69) is 58.5 Å². The van der Waals surface area contributed by atoms with E-state index < -0.39 is 6.17 Å². The van der Waals surface area contributed by atoms with Crippen molar-refractivity contribution in [2.75, 3.05) is 37.7 Å². The van der Waals surface area contributed by atoms with Gasteiger partial charge in [0.05, 0.1) is 5.54 Å². The van der Waals surface area contributed by atoms with Crippen LogP contribution in [0.4, 0.5) is 10.2 Å². The van der Waals surface area contributed by atoms with Gasteiger partial charge in [0.2, 0.25) is 5.88 Å². The minimum Gasteiger partial charge on any atom is -0.508 e. The number of nitrogens with zero attached hydrogens (tertiary/aromatic N) is 3. The molecule has 5 heterocycles. The summed E-state index contributed by atoms with van der Waals surface area (Å²) in [5.74, 6) is 2.14. The predicted octanol–water partition coefficient (Wildman–Crippen LogP) is 5.75. The van der Waals surface area contributed by atoms with Crippen LogP contribution in [0.25, 0.3) is 16.8 Å². The maximum Gasteiger partial charge on any atom is 0.215 e. The second kappa shape index (κ2) is 10.2. The van der Waals surface area contributed by atoms with Crippen LogP contribution in [0, 0.1) is 0 Å². The van der Waals surface area contributed by atoms with E-state index in [-0.39, 0.29) is 11.5 Å². The van der Waals surface area contributed by atoms with E-state index in [1.54, 1.807) is 0 Å². The molecule has 6 nitrogen and oxygen atoms in total. The molecule has 5 atom stereocenters. The standard InChI is InChI=1S/C35H41FN4O2/c1-2-22-5-3-6-24-14-29(41)15-25(33(22)24)13-23-7-10-30-31(23)16-32(38-34(30)39-19-27-8-9-28(20-39)37-27)42-21-35-11-4-12-40(35)18-26(36)17-35/h3,5-7,10,14-16,23,26-28,37,41H,2,4,8-9,11-13,17-21H2,1H3/t23?,26?,27?,28?,35-/m0/s1. The number of aryl methyl sites for hydroxylation is 1. The number of nitrogens with one attached hydrogen (secondary N) is 1. The van der Waals surface area contributed by atoms with Crippen LogP contribution in [0.2, 0.25) is 0 Å². The Morgan fingerprint density at radius 1 is 1.12 bits per heavy atom. The minimum atomic E-state index is -0.771. The number of piperazine rings is 1. The normalized spacial score (nSPS) is 29.9. The summed E-state index contributed by atoms with van der Waals surface area (Å²) >= 11 is 0. The number of halogens is 1. The fraction of sp³-hybridized carbons (Fsp3) is 0.514. The Kier molecular flexibility index (Phi) is 6.45. The number of phenolic OH excluding ortho intramolecular Hbond substituents is 1. The lowest BCUT2D eigenvalue weighted by Crippen LogP contribution is -2.51. The number of rotatable bonds is 7. The summed E-state index contributed by atoms with van der Waals surface area (Å²) in [6, 6.07) is 13.3. The third-order valence-corrected chi connectivity index (χ3v) is 10.7. The van der Waals surface area contributed by atoms with Crippen molar-refractivity contribution in [1.82, 2.24) is 15.2 Å². The summed E-state index contributed by atoms with van der Waals surface area (Å²) in [6.07, 6.45) is 10.6. The van der Waals surface area contributed by atoms with E-state index >= 15 is 0 Å². The molecule has 7 heteroatoms. The van der Waals surface area contributed by atoms with Gasteiger partial charge in [-0.2, -0.15) is 4.98 Å². The van der Waals surface area contributed by atoms with Crippen LogP contribution < -0.4 is 15.0 Å². The van der Waals surface area contributed by atoms with Crippen LogP contribution in [0.5, 0.6) is 11.6 Å². The molecule has 3 aromatic rings. The summed E-state index contributed by atoms with van der Waals surface area (Å²) < 4.78 is 21.0. The first-order valence-electron chi connectivity index (χ1n) is 16.0. The van der Waals surface area contributed by atoms with Gasteiger partial charge in [0.1, 0.15) is 24.3 Å². The summed E-state index contributed by atoms with van der Waals surface area (Å²) in [5.41, 5.74) is 4.71. The highest BCUT2D eigenvalue weighted by molar-refractivity contribution is 5.90. The summed E-state index contributed by atoms with van der Waals surface area (Å²) in [6.45, 7) is 6.07. The number of phenols is 1. The fourth-order valence-electron chi connectivity index (χ4n) is 8.73. The largest absolute Gasteiger partial charge is 0.508 e. The summed E-state index contributed by atoms with van der Waals surface area (Å²) in [5, 5.41) is 16.7. The lowest BCUT2D eigenvalue weighted by Gasteiger charge is -2.35. The lowest BCUT2D eigenvalue weighted by atomic mass is 9.89. The van der Waals surface area contributed by atoms with Gasteiger partial charge in [-0.15, -0.1) is 0 Å². The van der Waals surface area contributed by atoms with E-state index in [0.29, 0.717) is 43.3 Å². The minimum absolute atomic E-state index is 0.154. The molecule has 4 aliphatic heterocycles. The van der Waals surface area contributed by atoms with Crippen molar-refractivity contribution in [3.8, 4) is 11.6 Å². The van der Waals surface area contributed by atoms with E-state index in [1.807, 2.05) is 12.1 Å². The van der Waals surface area contributed by atoms with Crippen molar-refractivity contribution in [2.24, 2.45) is 0 Å². The number of allylic oxidation sites excluding steroid dienone is 1. The van der Waals surface area contributed by atoms with Crippen molar-refractivity contribution in [2.45, 2.75) is 81.6 Å². The Labute approximate surface area is 247 Å². The number of anilines is 1. The molecule has 4 saturated heterocycles. The number of ether oxygens (including phenoxy) is 1. The molecule has 4 unspecified atom stereocenters. The average Bonchev–Trinajstić information content (AvgIpc) is 3.73. The molecular weight excluding hydrogens is 527 g/mol. The van der Waals surface area contributed by atoms with Gasteiger partial charge in [0.25, 0.3) is 0 Å². The Morgan fingerprint density at radius 3 is 2.81 bits per heavy atom. The smallest absolute Gasteiger partial charge is 0.215 e. The first kappa shape index (κ1) is 26.5. The number of hydrogen-bond acceptors (Lipinski definition) is 6. The quantitative estimate of drug-likeness (QED) is 0.379. The number of pyridine rings is 1. The van der Waals surface area contributed by atoms with Crippen LogP contribution in [-0.2, 0) is 12.8 Å². The molecule has 220 valence electrons. The van der Waals surface area contributed by atoms with Crippen LogP contribution in [0.1, 0.15) is 67.2 Å². The molecule has 8 rings (SSSR count). The molecule has 5 aliphatic rings. The van der Waals surface area contributed by atoms with Crippen LogP contribution in [0.3, 0.4) is 0 Å². The molecule has 1 aromatic heterocycles. The molecule has 0 radical (unpaired) electrons. The van der Waals surface area contributed by atoms with Crippen molar-refractivity contribution < 1.29 is 14.2 Å². The highest BCUT2D eigenvalue weighted by Gasteiger charge is 2.49. The lowest BCUT2D eigenvalue weighted by molar-refractivity contribution is 0.110. The highest BCUT2D eigenvalue weighted by atomic mass is 19.1. The number of alkyl halides is 1. The molecule has 0 amide bonds. The van der Waals surface area contributed by atoms with Crippen LogP contribution in [0.15, 0.2) is 42.5 Å². The monoisotopic (exact) mass is 568 g/mol. The Balaban J connectivity index is 1.15. The van der Waals surface area contributed by atoms with E-state index in [4.69, 9.17) is 9.72 Å². The Bertz CT molecular complexity index is 1550. The molecule has 0 spiro atoms. The topological polar surface area (TPSA) is 60.9 Å². The second-order valence-electron chi connectivity index (χ2n) is 13.3. The maximum absolute atomic E-state index is 14.5. The second-order valence-corrected chi connectivity index (χ2v) is 13.3. The van der Waals surface area contributed by atoms with E-state index in [1.165, 1.54) is 40.5 Å². The molecular formula is C35H41FN4O2. The predicted molar refractivity (Wildman–Crippen MR) is 165 cm³/mol. The first-order chi connectivity index (χ1) is 20.5. The third kappa shape index (κ3) is 4.47. The maximum atomic E-state index is 14.5. The SMILES string of the molecule is CCc1cccc2cc(O)cc(CC3C=Cc4c3cc(OC[C@@]35CCCN3CC(F)C5)nc4N3CC4CCC(C3)N4)c12. The van der Waals surface area contributed by atoms with E-state index in [0.717, 1.165) is 56.5 Å². The van der Waals surface area contributed by atoms with Gasteiger partial charge in [-0.3, -0.25) is 4.90 Å². The van der Waals surface area contributed by atoms with E-state index in [9.17, 15) is 9.50 Å². The zero-order valence-electron chi connectivity index (χ0n) is 24.5. The summed E-state index contributed by atoms with van der Waals surface area (Å²) in [7, 11) is 0. The number of fused-ring (bicyclic) bond motifs is 5. The molecule has 2 aromatic carbocycles. The fourth-order valence-corrected chi connectivity index (χ4v) is 8.73. The molecule has 4 fully saturated rings. The van der Waals surface area contributed by atoms with Gasteiger partial charge in [-0.1, -0.05) is 37.3 Å². The van der Waals surface area contributed by atoms with Gasteiger partial charge in [-0.05, 0) is 84.7 Å². The zero-order chi connectivity index (χ0) is 28.4. The number of hydrogen-bond donors (Lipinski definition) is 2. The van der Waals surface area contributed by atoms with Gasteiger partial charge in [-0.25, -0.2) is 4.39 Å². The van der Waals surface area contributed by atoms with Gasteiger partial charge >= 0.3 is 0 Å². The van der Waals surface area contributed by atoms with Crippen molar-refractivity contribution in [1.29, 1.82) is 0 Å². The first-order valence-corrected chi connectivity index (χ1v) is 16.0. The van der Waals surface area contributed by atoms with Crippen molar-refractivity contribution >= 4 is 22.7 Å². The van der Waals surface area contributed by atoms with Gasteiger partial charge < -0.3 is 20.1 Å². The molecule has 2 bridgehead atoms. The van der Waals surface area contributed by atoms with Crippen LogP contribution >= 0.6 is 0 Å².